The Balaban J connectivity index is 1.67. The fourth-order valence-corrected chi connectivity index (χ4v) is 7.30. The maximum absolute atomic E-state index is 11.4. The van der Waals surface area contributed by atoms with Crippen molar-refractivity contribution in [1.82, 2.24) is 0 Å². The van der Waals surface area contributed by atoms with Crippen LogP contribution in [0.4, 0.5) is 0 Å². The summed E-state index contributed by atoms with van der Waals surface area (Å²) in [4.78, 5) is 0. The average molecular weight is 333 g/mol. The third-order valence-corrected chi connectivity index (χ3v) is 8.66. The van der Waals surface area contributed by atoms with Gasteiger partial charge in [0.2, 0.25) is 0 Å². The fourth-order valence-electron chi connectivity index (χ4n) is 7.30. The number of fused-ring (bicyclic) bond motifs is 2. The maximum Gasteiger partial charge on any atom is 0.0679 e. The van der Waals surface area contributed by atoms with Gasteiger partial charge in [0.15, 0.2) is 0 Å². The Morgan fingerprint density at radius 1 is 0.958 bits per heavy atom. The molecule has 0 aliphatic heterocycles. The van der Waals surface area contributed by atoms with Crippen molar-refractivity contribution in [2.24, 2.45) is 35.5 Å². The van der Waals surface area contributed by atoms with Crippen LogP contribution in [0.5, 0.6) is 0 Å². The molecule has 5 saturated carbocycles. The molecule has 5 rings (SSSR count). The van der Waals surface area contributed by atoms with E-state index in [1.165, 1.54) is 44.1 Å². The molecule has 0 radical (unpaired) electrons. The summed E-state index contributed by atoms with van der Waals surface area (Å²) in [6, 6.07) is 0. The first-order chi connectivity index (χ1) is 11.3. The number of allylic oxidation sites excluding steroid dienone is 1. The number of hydrogen-bond acceptors (Lipinski definition) is 2. The molecule has 7 unspecified atom stereocenters. The largest absolute Gasteiger partial charge is 0.390 e. The molecule has 0 aromatic rings. The normalized spacial score (nSPS) is 52.1. The number of rotatable bonds is 2. The zero-order valence-corrected chi connectivity index (χ0v) is 15.6. The fraction of sp³-hybridized carbons (Fsp3) is 0.909. The summed E-state index contributed by atoms with van der Waals surface area (Å²) < 4.78 is 0. The highest BCUT2D eigenvalue weighted by atomic mass is 16.3. The molecule has 0 heterocycles. The van der Waals surface area contributed by atoms with E-state index in [1.54, 1.807) is 0 Å². The van der Waals surface area contributed by atoms with Crippen molar-refractivity contribution in [2.45, 2.75) is 89.3 Å². The minimum absolute atomic E-state index is 0.255. The van der Waals surface area contributed by atoms with Crippen LogP contribution in [0.1, 0.15) is 78.1 Å². The highest BCUT2D eigenvalue weighted by molar-refractivity contribution is 5.18. The topological polar surface area (TPSA) is 40.5 Å². The van der Waals surface area contributed by atoms with E-state index in [2.05, 4.69) is 13.5 Å². The van der Waals surface area contributed by atoms with Crippen molar-refractivity contribution >= 4 is 0 Å². The van der Waals surface area contributed by atoms with E-state index in [0.29, 0.717) is 23.7 Å². The highest BCUT2D eigenvalue weighted by Gasteiger charge is 2.61. The first-order valence-corrected chi connectivity index (χ1v) is 10.5. The van der Waals surface area contributed by atoms with Gasteiger partial charge in [-0.1, -0.05) is 31.4 Å². The lowest BCUT2D eigenvalue weighted by Gasteiger charge is -2.43. The quantitative estimate of drug-likeness (QED) is 0.720. The summed E-state index contributed by atoms with van der Waals surface area (Å²) in [5.41, 5.74) is 0.258. The summed E-state index contributed by atoms with van der Waals surface area (Å²) in [6.45, 7) is 8.72. The Bertz CT molecular complexity index is 500. The molecule has 7 atom stereocenters. The predicted molar refractivity (Wildman–Crippen MR) is 97.5 cm³/mol. The Morgan fingerprint density at radius 3 is 2.38 bits per heavy atom. The van der Waals surface area contributed by atoms with E-state index >= 15 is 0 Å². The van der Waals surface area contributed by atoms with Gasteiger partial charge in [0, 0.05) is 0 Å². The van der Waals surface area contributed by atoms with E-state index in [0.717, 1.165) is 25.7 Å². The van der Waals surface area contributed by atoms with E-state index in [1.807, 2.05) is 6.92 Å². The van der Waals surface area contributed by atoms with Gasteiger partial charge in [-0.25, -0.2) is 0 Å². The van der Waals surface area contributed by atoms with Crippen LogP contribution in [-0.2, 0) is 0 Å². The van der Waals surface area contributed by atoms with Crippen LogP contribution in [-0.4, -0.2) is 21.4 Å². The lowest BCUT2D eigenvalue weighted by atomic mass is 9.63. The van der Waals surface area contributed by atoms with Gasteiger partial charge in [-0.3, -0.25) is 0 Å². The molecule has 5 fully saturated rings. The van der Waals surface area contributed by atoms with Gasteiger partial charge < -0.3 is 10.2 Å². The van der Waals surface area contributed by atoms with Gasteiger partial charge in [0.1, 0.15) is 0 Å². The third-order valence-electron chi connectivity index (χ3n) is 8.66. The standard InChI is InChI=1S/C22H36O2/c1-14(15-7-5-4-6-8-15)18-13-16-9-10-17(18)20-19(22(16,3)24)11-12-21(20,2)23/h15-20,23-24H,1,4-13H2,2-3H3. The first kappa shape index (κ1) is 17.1. The molecule has 2 heteroatoms. The molecule has 0 saturated heterocycles. The van der Waals surface area contributed by atoms with E-state index in [4.69, 9.17) is 0 Å². The molecule has 2 nitrogen and oxygen atoms in total. The van der Waals surface area contributed by atoms with Gasteiger partial charge >= 0.3 is 0 Å². The molecular formula is C22H36O2. The molecular weight excluding hydrogens is 296 g/mol. The lowest BCUT2D eigenvalue weighted by Crippen LogP contribution is -2.44. The molecule has 5 aliphatic carbocycles. The molecule has 0 aromatic heterocycles. The van der Waals surface area contributed by atoms with Crippen molar-refractivity contribution in [2.75, 3.05) is 0 Å². The first-order valence-electron chi connectivity index (χ1n) is 10.5. The Hall–Kier alpha value is -0.340. The van der Waals surface area contributed by atoms with E-state index in [-0.39, 0.29) is 11.8 Å². The highest BCUT2D eigenvalue weighted by Crippen LogP contribution is 2.62. The van der Waals surface area contributed by atoms with Crippen LogP contribution in [0.3, 0.4) is 0 Å². The monoisotopic (exact) mass is 332 g/mol. The summed E-state index contributed by atoms with van der Waals surface area (Å²) in [5, 5.41) is 22.5. The molecule has 136 valence electrons. The van der Waals surface area contributed by atoms with Gasteiger partial charge in [-0.05, 0) is 94.3 Å². The Morgan fingerprint density at radius 2 is 1.67 bits per heavy atom. The maximum atomic E-state index is 11.4. The molecule has 5 aliphatic rings. The summed E-state index contributed by atoms with van der Waals surface area (Å²) in [7, 11) is 0. The van der Waals surface area contributed by atoms with Gasteiger partial charge in [0.05, 0.1) is 11.2 Å². The number of hydrogen-bond donors (Lipinski definition) is 2. The SMILES string of the molecule is C=C(C1CCCCC1)C1CC2CCC1C1C(CCC1(C)O)C2(C)O. The van der Waals surface area contributed by atoms with Gasteiger partial charge in [-0.15, -0.1) is 0 Å². The van der Waals surface area contributed by atoms with Crippen molar-refractivity contribution in [3.63, 3.8) is 0 Å². The molecule has 0 spiro atoms. The average Bonchev–Trinajstić information content (AvgIpc) is 2.80. The molecule has 2 N–H and O–H groups in total. The lowest BCUT2D eigenvalue weighted by molar-refractivity contribution is -0.0780. The van der Waals surface area contributed by atoms with Crippen LogP contribution in [0.15, 0.2) is 12.2 Å². The molecule has 0 aromatic carbocycles. The summed E-state index contributed by atoms with van der Waals surface area (Å²) >= 11 is 0. The number of aliphatic hydroxyl groups is 2. The summed E-state index contributed by atoms with van der Waals surface area (Å²) in [5.74, 6) is 2.67. The smallest absolute Gasteiger partial charge is 0.0679 e. The predicted octanol–water partition coefficient (Wildman–Crippen LogP) is 4.70. The Labute approximate surface area is 147 Å². The van der Waals surface area contributed by atoms with Crippen molar-refractivity contribution < 1.29 is 10.2 Å². The molecule has 0 amide bonds. The molecule has 24 heavy (non-hydrogen) atoms. The van der Waals surface area contributed by atoms with E-state index < -0.39 is 11.2 Å². The minimum Gasteiger partial charge on any atom is -0.390 e. The van der Waals surface area contributed by atoms with E-state index in [9.17, 15) is 10.2 Å². The second kappa shape index (κ2) is 5.84. The van der Waals surface area contributed by atoms with Crippen molar-refractivity contribution in [1.29, 1.82) is 0 Å². The third kappa shape index (κ3) is 2.51. The zero-order valence-electron chi connectivity index (χ0n) is 15.6. The van der Waals surface area contributed by atoms with Crippen molar-refractivity contribution in [3.05, 3.63) is 12.2 Å². The second-order valence-corrected chi connectivity index (χ2v) is 9.94. The zero-order chi connectivity index (χ0) is 17.1. The van der Waals surface area contributed by atoms with Gasteiger partial charge in [-0.2, -0.15) is 0 Å². The van der Waals surface area contributed by atoms with Crippen LogP contribution in [0, 0.1) is 35.5 Å². The van der Waals surface area contributed by atoms with Gasteiger partial charge in [0.25, 0.3) is 0 Å². The van der Waals surface area contributed by atoms with Crippen molar-refractivity contribution in [3.8, 4) is 0 Å². The van der Waals surface area contributed by atoms with Crippen LogP contribution in [0.25, 0.3) is 0 Å². The molecule has 2 bridgehead atoms. The Kier molecular flexibility index (Phi) is 4.16. The minimum atomic E-state index is -0.610. The summed E-state index contributed by atoms with van der Waals surface area (Å²) in [6.07, 6.45) is 12.0. The van der Waals surface area contributed by atoms with Crippen LogP contribution in [0.2, 0.25) is 0 Å². The van der Waals surface area contributed by atoms with Crippen LogP contribution < -0.4 is 0 Å². The second-order valence-electron chi connectivity index (χ2n) is 9.94. The van der Waals surface area contributed by atoms with Crippen LogP contribution >= 0.6 is 0 Å².